The summed E-state index contributed by atoms with van der Waals surface area (Å²) in [5, 5.41) is 0. The highest BCUT2D eigenvalue weighted by atomic mass is 15.2. The van der Waals surface area contributed by atoms with Gasteiger partial charge in [-0.15, -0.1) is 0 Å². The second-order valence-electron chi connectivity index (χ2n) is 5.83. The standard InChI is InChI=1S/C16H28N4/c1-3-15(17)13-14-7-6-8-18-16(14)19(2)11-12-20-9-4-5-10-20/h6-8,15H,3-5,9-13,17H2,1-2H3. The van der Waals surface area contributed by atoms with Crippen LogP contribution in [0.4, 0.5) is 5.82 Å². The zero-order chi connectivity index (χ0) is 14.4. The van der Waals surface area contributed by atoms with Crippen LogP contribution in [0.25, 0.3) is 0 Å². The molecule has 1 unspecified atom stereocenters. The summed E-state index contributed by atoms with van der Waals surface area (Å²) in [4.78, 5) is 9.38. The summed E-state index contributed by atoms with van der Waals surface area (Å²) in [6, 6.07) is 4.39. The number of pyridine rings is 1. The number of nitrogens with zero attached hydrogens (tertiary/aromatic N) is 3. The van der Waals surface area contributed by atoms with E-state index in [9.17, 15) is 0 Å². The Hall–Kier alpha value is -1.13. The van der Waals surface area contributed by atoms with Crippen molar-refractivity contribution in [3.63, 3.8) is 0 Å². The highest BCUT2D eigenvalue weighted by Gasteiger charge is 2.14. The molecule has 0 aliphatic carbocycles. The Labute approximate surface area is 123 Å². The van der Waals surface area contributed by atoms with Gasteiger partial charge < -0.3 is 15.5 Å². The lowest BCUT2D eigenvalue weighted by atomic mass is 10.1. The highest BCUT2D eigenvalue weighted by molar-refractivity contribution is 5.46. The van der Waals surface area contributed by atoms with Gasteiger partial charge in [0.2, 0.25) is 0 Å². The molecule has 0 radical (unpaired) electrons. The normalized spacial score (nSPS) is 17.4. The predicted molar refractivity (Wildman–Crippen MR) is 85.2 cm³/mol. The third-order valence-corrected chi connectivity index (χ3v) is 4.19. The number of anilines is 1. The summed E-state index contributed by atoms with van der Waals surface area (Å²) in [5.74, 6) is 1.09. The van der Waals surface area contributed by atoms with Crippen molar-refractivity contribution in [2.45, 2.75) is 38.6 Å². The number of nitrogens with two attached hydrogens (primary N) is 1. The predicted octanol–water partition coefficient (Wildman–Crippen LogP) is 1.89. The summed E-state index contributed by atoms with van der Waals surface area (Å²) in [6.45, 7) is 6.81. The number of likely N-dealkylation sites (N-methyl/N-ethyl adjacent to an activating group) is 1. The molecule has 20 heavy (non-hydrogen) atoms. The van der Waals surface area contributed by atoms with Crippen molar-refractivity contribution < 1.29 is 0 Å². The molecule has 1 saturated heterocycles. The van der Waals surface area contributed by atoms with Gasteiger partial charge in [-0.2, -0.15) is 0 Å². The zero-order valence-corrected chi connectivity index (χ0v) is 12.9. The minimum Gasteiger partial charge on any atom is -0.358 e. The fraction of sp³-hybridized carbons (Fsp3) is 0.688. The van der Waals surface area contributed by atoms with E-state index in [0.717, 1.165) is 31.7 Å². The maximum Gasteiger partial charge on any atom is 0.131 e. The third kappa shape index (κ3) is 4.18. The van der Waals surface area contributed by atoms with E-state index in [-0.39, 0.29) is 6.04 Å². The smallest absolute Gasteiger partial charge is 0.131 e. The largest absolute Gasteiger partial charge is 0.358 e. The number of hydrogen-bond acceptors (Lipinski definition) is 4. The molecule has 112 valence electrons. The molecular formula is C16H28N4. The van der Waals surface area contributed by atoms with Gasteiger partial charge in [0.25, 0.3) is 0 Å². The number of rotatable bonds is 7. The Morgan fingerprint density at radius 3 is 2.85 bits per heavy atom. The second kappa shape index (κ2) is 7.60. The van der Waals surface area contributed by atoms with E-state index in [1.54, 1.807) is 0 Å². The van der Waals surface area contributed by atoms with E-state index in [0.29, 0.717) is 0 Å². The molecule has 0 aromatic carbocycles. The van der Waals surface area contributed by atoms with Crippen molar-refractivity contribution in [1.29, 1.82) is 0 Å². The van der Waals surface area contributed by atoms with Crippen LogP contribution in [0.1, 0.15) is 31.7 Å². The Morgan fingerprint density at radius 1 is 1.40 bits per heavy atom. The Bertz CT molecular complexity index is 401. The molecule has 1 atom stereocenters. The van der Waals surface area contributed by atoms with Crippen LogP contribution in [-0.4, -0.2) is 49.2 Å². The minimum absolute atomic E-state index is 0.227. The molecule has 2 N–H and O–H groups in total. The van der Waals surface area contributed by atoms with Gasteiger partial charge in [0.1, 0.15) is 5.82 Å². The van der Waals surface area contributed by atoms with E-state index in [1.165, 1.54) is 31.5 Å². The molecule has 2 rings (SSSR count). The average molecular weight is 276 g/mol. The number of hydrogen-bond donors (Lipinski definition) is 1. The molecule has 1 fully saturated rings. The number of likely N-dealkylation sites (tertiary alicyclic amines) is 1. The van der Waals surface area contributed by atoms with Crippen molar-refractivity contribution in [2.75, 3.05) is 38.1 Å². The van der Waals surface area contributed by atoms with Crippen LogP contribution in [0, 0.1) is 0 Å². The summed E-state index contributed by atoms with van der Waals surface area (Å²) in [6.07, 6.45) is 6.50. The molecule has 2 heterocycles. The second-order valence-corrected chi connectivity index (χ2v) is 5.83. The van der Waals surface area contributed by atoms with Gasteiger partial charge in [-0.25, -0.2) is 4.98 Å². The van der Waals surface area contributed by atoms with Gasteiger partial charge in [0, 0.05) is 32.4 Å². The first-order chi connectivity index (χ1) is 9.70. The Morgan fingerprint density at radius 2 is 2.15 bits per heavy atom. The van der Waals surface area contributed by atoms with Crippen LogP contribution in [0.3, 0.4) is 0 Å². The molecule has 1 aromatic heterocycles. The molecule has 4 heteroatoms. The quantitative estimate of drug-likeness (QED) is 0.826. The maximum atomic E-state index is 6.09. The molecule has 0 bridgehead atoms. The van der Waals surface area contributed by atoms with Crippen LogP contribution in [0.5, 0.6) is 0 Å². The van der Waals surface area contributed by atoms with Gasteiger partial charge in [0.15, 0.2) is 0 Å². The van der Waals surface area contributed by atoms with Gasteiger partial charge in [0.05, 0.1) is 0 Å². The van der Waals surface area contributed by atoms with Crippen LogP contribution < -0.4 is 10.6 Å². The molecule has 0 spiro atoms. The minimum atomic E-state index is 0.227. The van der Waals surface area contributed by atoms with Gasteiger partial charge >= 0.3 is 0 Å². The van der Waals surface area contributed by atoms with Crippen LogP contribution in [-0.2, 0) is 6.42 Å². The summed E-state index contributed by atoms with van der Waals surface area (Å²) < 4.78 is 0. The van der Waals surface area contributed by atoms with E-state index < -0.39 is 0 Å². The summed E-state index contributed by atoms with van der Waals surface area (Å²) >= 11 is 0. The van der Waals surface area contributed by atoms with E-state index in [4.69, 9.17) is 5.73 Å². The molecule has 1 aromatic rings. The fourth-order valence-corrected chi connectivity index (χ4v) is 2.76. The lowest BCUT2D eigenvalue weighted by Gasteiger charge is -2.24. The first-order valence-corrected chi connectivity index (χ1v) is 7.83. The summed E-state index contributed by atoms with van der Waals surface area (Å²) in [5.41, 5.74) is 7.36. The van der Waals surface area contributed by atoms with Crippen molar-refractivity contribution in [1.82, 2.24) is 9.88 Å². The SMILES string of the molecule is CCC(N)Cc1cccnc1N(C)CCN1CCCC1. The topological polar surface area (TPSA) is 45.4 Å². The Kier molecular flexibility index (Phi) is 5.80. The third-order valence-electron chi connectivity index (χ3n) is 4.19. The van der Waals surface area contributed by atoms with Crippen LogP contribution in [0.2, 0.25) is 0 Å². The molecule has 1 aliphatic rings. The first-order valence-electron chi connectivity index (χ1n) is 7.83. The Balaban J connectivity index is 1.95. The van der Waals surface area contributed by atoms with Crippen LogP contribution >= 0.6 is 0 Å². The lowest BCUT2D eigenvalue weighted by Crippen LogP contribution is -2.32. The van der Waals surface area contributed by atoms with E-state index in [1.807, 2.05) is 12.3 Å². The van der Waals surface area contributed by atoms with Crippen molar-refractivity contribution in [3.8, 4) is 0 Å². The number of aromatic nitrogens is 1. The van der Waals surface area contributed by atoms with Gasteiger partial charge in [-0.05, 0) is 50.4 Å². The average Bonchev–Trinajstić information content (AvgIpc) is 2.98. The highest BCUT2D eigenvalue weighted by Crippen LogP contribution is 2.18. The van der Waals surface area contributed by atoms with E-state index >= 15 is 0 Å². The van der Waals surface area contributed by atoms with E-state index in [2.05, 4.69) is 34.8 Å². The zero-order valence-electron chi connectivity index (χ0n) is 12.9. The fourth-order valence-electron chi connectivity index (χ4n) is 2.76. The molecule has 1 aliphatic heterocycles. The molecular weight excluding hydrogens is 248 g/mol. The monoisotopic (exact) mass is 276 g/mol. The summed E-state index contributed by atoms with van der Waals surface area (Å²) in [7, 11) is 2.14. The van der Waals surface area contributed by atoms with Crippen molar-refractivity contribution >= 4 is 5.82 Å². The maximum absolute atomic E-state index is 6.09. The van der Waals surface area contributed by atoms with Crippen molar-refractivity contribution in [3.05, 3.63) is 23.9 Å². The molecule has 0 saturated carbocycles. The molecule has 0 amide bonds. The lowest BCUT2D eigenvalue weighted by molar-refractivity contribution is 0.346. The van der Waals surface area contributed by atoms with Gasteiger partial charge in [-0.1, -0.05) is 13.0 Å². The van der Waals surface area contributed by atoms with Crippen LogP contribution in [0.15, 0.2) is 18.3 Å². The van der Waals surface area contributed by atoms with Gasteiger partial charge in [-0.3, -0.25) is 0 Å². The van der Waals surface area contributed by atoms with Crippen molar-refractivity contribution in [2.24, 2.45) is 5.73 Å². The first kappa shape index (κ1) is 15.3. The molecule has 4 nitrogen and oxygen atoms in total.